The number of nitrogens with two attached hydrogens (primary N) is 1. The Morgan fingerprint density at radius 2 is 1.52 bits per heavy atom. The van der Waals surface area contributed by atoms with Gasteiger partial charge in [0.05, 0.1) is 67.1 Å². The minimum absolute atomic E-state index is 0.00832. The van der Waals surface area contributed by atoms with Crippen LogP contribution < -0.4 is 31.2 Å². The molecule has 2 aliphatic heterocycles. The van der Waals surface area contributed by atoms with Crippen LogP contribution in [0.1, 0.15) is 80.1 Å². The fourth-order valence-electron chi connectivity index (χ4n) is 9.32. The average molecular weight is 1180 g/mol. The first-order valence-electron chi connectivity index (χ1n) is 27.3. The summed E-state index contributed by atoms with van der Waals surface area (Å²) >= 11 is 1.55. The second-order valence-electron chi connectivity index (χ2n) is 21.2. The Morgan fingerprint density at radius 1 is 0.843 bits per heavy atom. The summed E-state index contributed by atoms with van der Waals surface area (Å²) in [5, 5.41) is 19.0. The summed E-state index contributed by atoms with van der Waals surface area (Å²) in [7, 11) is 0. The highest BCUT2D eigenvalue weighted by molar-refractivity contribution is 7.13. The molecule has 0 aliphatic carbocycles. The van der Waals surface area contributed by atoms with Gasteiger partial charge in [-0.15, -0.1) is 24.5 Å². The number of aliphatic hydroxyl groups is 1. The van der Waals surface area contributed by atoms with Crippen molar-refractivity contribution in [3.63, 3.8) is 0 Å². The van der Waals surface area contributed by atoms with Gasteiger partial charge in [0.2, 0.25) is 35.4 Å². The summed E-state index contributed by atoms with van der Waals surface area (Å²) in [6.07, 6.45) is 1.31. The van der Waals surface area contributed by atoms with E-state index < -0.39 is 53.6 Å². The van der Waals surface area contributed by atoms with Gasteiger partial charge in [0, 0.05) is 76.5 Å². The molecule has 22 nitrogen and oxygen atoms in total. The number of amides is 6. The number of piperidine rings is 1. The topological polar surface area (TPSA) is 281 Å². The first kappa shape index (κ1) is 63.1. The predicted octanol–water partition coefficient (Wildman–Crippen LogP) is 4.74. The Hall–Kier alpha value is -7.52. The lowest BCUT2D eigenvalue weighted by Gasteiger charge is -2.35. The molecule has 6 N–H and O–H groups in total. The number of thiazole rings is 1. The molecule has 1 unspecified atom stereocenters. The number of unbranched alkanes of at least 4 members (excludes halogenated alkanes) is 1. The highest BCUT2D eigenvalue weighted by atomic mass is 32.1. The van der Waals surface area contributed by atoms with Crippen LogP contribution in [0.4, 0.5) is 13.2 Å². The van der Waals surface area contributed by atoms with Crippen molar-refractivity contribution in [2.45, 2.75) is 110 Å². The van der Waals surface area contributed by atoms with Crippen molar-refractivity contribution in [3.05, 3.63) is 101 Å². The number of primary amides is 1. The Bertz CT molecular complexity index is 2980. The van der Waals surface area contributed by atoms with Gasteiger partial charge in [0.25, 0.3) is 5.91 Å². The van der Waals surface area contributed by atoms with Gasteiger partial charge in [0.15, 0.2) is 0 Å². The number of aliphatic hydroxyl groups excluding tert-OH is 1. The van der Waals surface area contributed by atoms with Crippen molar-refractivity contribution < 1.29 is 70.7 Å². The van der Waals surface area contributed by atoms with Gasteiger partial charge in [0.1, 0.15) is 42.7 Å². The van der Waals surface area contributed by atoms with Crippen molar-refractivity contribution in [3.8, 4) is 33.3 Å². The Balaban J connectivity index is 0.718. The third-order valence-electron chi connectivity index (χ3n) is 13.7. The molecular formula is C57H71F3N10O12S. The molecule has 3 atom stereocenters. The van der Waals surface area contributed by atoms with E-state index in [1.54, 1.807) is 61.1 Å². The molecule has 5 aromatic rings. The van der Waals surface area contributed by atoms with Crippen LogP contribution in [0.5, 0.6) is 11.6 Å². The van der Waals surface area contributed by atoms with E-state index >= 15 is 0 Å². The summed E-state index contributed by atoms with van der Waals surface area (Å²) in [4.78, 5) is 95.4. The summed E-state index contributed by atoms with van der Waals surface area (Å²) in [6.45, 7) is 9.31. The molecule has 0 bridgehead atoms. The molecule has 6 amide bonds. The molecule has 2 fully saturated rings. The number of benzene rings is 2. The number of rotatable bonds is 28. The SMILES string of the molecule is Cc1ncsc1-c1ccc(CNC(=O)C2C[C@@H](O)CN2C(=O)[C@@H](NC(=O)COCCOCCOCC(=O)NCCCCn2cnc(-c3cnc(OC4CCN(C(=O)Cc5ccc(OC(F)(F)F)cc5)CC4)c(C(N)=O)c3)c2)C(C)(C)C)cc1. The fourth-order valence-corrected chi connectivity index (χ4v) is 10.1. The number of aryl methyl sites for hydroxylation is 2. The van der Waals surface area contributed by atoms with Crippen LogP contribution in [0.15, 0.2) is 78.8 Å². The van der Waals surface area contributed by atoms with E-state index in [-0.39, 0.29) is 101 Å². The normalized spacial score (nSPS) is 16.1. The molecule has 83 heavy (non-hydrogen) atoms. The van der Waals surface area contributed by atoms with Crippen LogP contribution in [-0.2, 0) is 57.7 Å². The zero-order chi connectivity index (χ0) is 59.7. The maximum Gasteiger partial charge on any atom is 0.573 e. The number of halogens is 3. The van der Waals surface area contributed by atoms with Gasteiger partial charge in [-0.1, -0.05) is 57.2 Å². The molecule has 0 saturated carbocycles. The third kappa shape index (κ3) is 19.3. The zero-order valence-corrected chi connectivity index (χ0v) is 47.6. The monoisotopic (exact) mass is 1180 g/mol. The van der Waals surface area contributed by atoms with Crippen LogP contribution in [0, 0.1) is 12.3 Å². The first-order chi connectivity index (χ1) is 39.6. The number of carbonyl (C=O) groups excluding carboxylic acids is 6. The molecule has 2 aromatic carbocycles. The lowest BCUT2D eigenvalue weighted by molar-refractivity contribution is -0.274. The van der Waals surface area contributed by atoms with E-state index in [0.717, 1.165) is 40.3 Å². The molecule has 2 saturated heterocycles. The number of nitrogens with one attached hydrogen (secondary N) is 3. The number of hydrogen-bond donors (Lipinski definition) is 5. The minimum atomic E-state index is -4.81. The highest BCUT2D eigenvalue weighted by Gasteiger charge is 2.44. The Morgan fingerprint density at radius 3 is 2.17 bits per heavy atom. The smallest absolute Gasteiger partial charge is 0.474 e. The number of aromatic nitrogens is 4. The fraction of sp³-hybridized carbons (Fsp3) is 0.491. The number of imidazole rings is 1. The Kier molecular flexibility index (Phi) is 22.5. The van der Waals surface area contributed by atoms with Gasteiger partial charge in [-0.3, -0.25) is 28.8 Å². The summed E-state index contributed by atoms with van der Waals surface area (Å²) < 4.78 is 65.8. The number of ether oxygens (including phenoxy) is 5. The number of hydrogen-bond acceptors (Lipinski definition) is 16. The lowest BCUT2D eigenvalue weighted by atomic mass is 9.85. The van der Waals surface area contributed by atoms with E-state index in [9.17, 15) is 47.0 Å². The van der Waals surface area contributed by atoms with Crippen molar-refractivity contribution in [1.82, 2.24) is 45.3 Å². The van der Waals surface area contributed by atoms with E-state index in [4.69, 9.17) is 24.7 Å². The number of alkyl halides is 3. The van der Waals surface area contributed by atoms with Gasteiger partial charge in [-0.2, -0.15) is 0 Å². The summed E-state index contributed by atoms with van der Waals surface area (Å²) in [5.74, 6) is -2.93. The van der Waals surface area contributed by atoms with Crippen LogP contribution in [0.3, 0.4) is 0 Å². The molecule has 2 aliphatic rings. The standard InChI is InChI=1S/C57H71F3N10O12S/c1-36-50(83-35-66-36)39-11-7-38(8-12-39)28-63-53(76)46-27-41(71)30-70(46)55(77)51(56(2,3)4)67-48(73)33-80-24-22-78-21-23-79-32-47(72)62-17-5-6-18-68-31-45(65-34-68)40-26-44(52(61)75)54(64-29-40)81-42-15-19-69(20-16-42)49(74)25-37-9-13-43(14-10-37)82-57(58,59)60/h7-14,26,29,31,34-35,41-42,46,51,71H,5-6,15-25,27-28,30,32-33H2,1-4H3,(H2,61,75)(H,62,72)(H,63,76)(H,67,73)/t41-,46?,51-/m1/s1. The predicted molar refractivity (Wildman–Crippen MR) is 297 cm³/mol. The van der Waals surface area contributed by atoms with Crippen molar-refractivity contribution in [2.24, 2.45) is 11.1 Å². The van der Waals surface area contributed by atoms with Crippen molar-refractivity contribution in [1.29, 1.82) is 0 Å². The highest BCUT2D eigenvalue weighted by Crippen LogP contribution is 2.30. The number of β-amino-alcohol motifs (C(OH)–C–C–N with tert-alkyl or cyclic N) is 1. The number of pyridine rings is 1. The number of likely N-dealkylation sites (tertiary alicyclic amines) is 2. The molecule has 0 radical (unpaired) electrons. The van der Waals surface area contributed by atoms with Crippen LogP contribution in [0.25, 0.3) is 21.7 Å². The maximum absolute atomic E-state index is 14.0. The van der Waals surface area contributed by atoms with Crippen LogP contribution in [-0.4, -0.2) is 166 Å². The van der Waals surface area contributed by atoms with Crippen LogP contribution in [0.2, 0.25) is 0 Å². The molecule has 448 valence electrons. The molecular weight excluding hydrogens is 1110 g/mol. The number of carbonyl (C=O) groups is 6. The first-order valence-corrected chi connectivity index (χ1v) is 28.1. The van der Waals surface area contributed by atoms with Crippen molar-refractivity contribution >= 4 is 46.8 Å². The third-order valence-corrected chi connectivity index (χ3v) is 14.7. The average Bonchev–Trinajstić information content (AvgIpc) is 4.31. The van der Waals surface area contributed by atoms with Gasteiger partial charge < -0.3 is 64.8 Å². The number of nitrogens with zero attached hydrogens (tertiary/aromatic N) is 6. The Labute approximate surface area is 482 Å². The second kappa shape index (κ2) is 29.6. The lowest BCUT2D eigenvalue weighted by Crippen LogP contribution is -2.58. The van der Waals surface area contributed by atoms with Gasteiger partial charge >= 0.3 is 6.36 Å². The quantitative estimate of drug-likeness (QED) is 0.0423. The zero-order valence-electron chi connectivity index (χ0n) is 46.8. The van der Waals surface area contributed by atoms with Gasteiger partial charge in [-0.05, 0) is 60.1 Å². The second-order valence-corrected chi connectivity index (χ2v) is 22.1. The molecule has 7 rings (SSSR count). The summed E-state index contributed by atoms with van der Waals surface area (Å²) in [6, 6.07) is 12.6. The van der Waals surface area contributed by atoms with Crippen molar-refractivity contribution in [2.75, 3.05) is 65.8 Å². The van der Waals surface area contributed by atoms with E-state index in [1.807, 2.05) is 35.8 Å². The molecule has 26 heteroatoms. The molecule has 5 heterocycles. The van der Waals surface area contributed by atoms with Gasteiger partial charge in [-0.25, -0.2) is 15.0 Å². The maximum atomic E-state index is 14.0. The summed E-state index contributed by atoms with van der Waals surface area (Å²) in [5.41, 5.74) is 11.3. The largest absolute Gasteiger partial charge is 0.573 e. The minimum Gasteiger partial charge on any atom is -0.474 e. The molecule has 3 aromatic heterocycles. The van der Waals surface area contributed by atoms with E-state index in [2.05, 4.69) is 35.6 Å². The molecule has 0 spiro atoms. The van der Waals surface area contributed by atoms with Crippen LogP contribution >= 0.6 is 11.3 Å². The van der Waals surface area contributed by atoms with E-state index in [0.29, 0.717) is 62.3 Å². The van der Waals surface area contributed by atoms with E-state index in [1.165, 1.54) is 23.2 Å².